The summed E-state index contributed by atoms with van der Waals surface area (Å²) in [6.07, 6.45) is 1.13. The molecular weight excluding hydrogens is 366 g/mol. The number of amides is 1. The summed E-state index contributed by atoms with van der Waals surface area (Å²) in [6, 6.07) is 3.57. The summed E-state index contributed by atoms with van der Waals surface area (Å²) in [5, 5.41) is 3.58. The van der Waals surface area contributed by atoms with Gasteiger partial charge in [0.1, 0.15) is 0 Å². The molecule has 0 saturated carbocycles. The first-order chi connectivity index (χ1) is 13.1. The van der Waals surface area contributed by atoms with Crippen LogP contribution in [-0.4, -0.2) is 50.2 Å². The molecule has 0 aliphatic carbocycles. The number of likely N-dealkylation sites (N-methyl/N-ethyl adjacent to an activating group) is 1. The Labute approximate surface area is 163 Å². The van der Waals surface area contributed by atoms with Crippen LogP contribution in [0.15, 0.2) is 12.1 Å². The van der Waals surface area contributed by atoms with E-state index in [-0.39, 0.29) is 12.3 Å². The van der Waals surface area contributed by atoms with Gasteiger partial charge in [0.05, 0.1) is 33.4 Å². The molecule has 1 N–H and O–H groups in total. The molecule has 0 saturated heterocycles. The highest BCUT2D eigenvalue weighted by atomic mass is 32.1. The molecule has 1 aliphatic heterocycles. The number of aromatic nitrogens is 1. The molecule has 0 atom stereocenters. The molecule has 2 aromatic rings. The molecule has 0 radical (unpaired) electrons. The number of nitrogens with zero attached hydrogens (tertiary/aromatic N) is 2. The predicted molar refractivity (Wildman–Crippen MR) is 105 cm³/mol. The largest absolute Gasteiger partial charge is 0.493 e. The fourth-order valence-corrected chi connectivity index (χ4v) is 4.22. The third kappa shape index (κ3) is 4.33. The van der Waals surface area contributed by atoms with Crippen molar-refractivity contribution in [3.63, 3.8) is 0 Å². The van der Waals surface area contributed by atoms with Gasteiger partial charge in [-0.3, -0.25) is 9.69 Å². The minimum atomic E-state index is -0.122. The number of rotatable bonds is 7. The zero-order chi connectivity index (χ0) is 19.4. The summed E-state index contributed by atoms with van der Waals surface area (Å²) < 4.78 is 16.0. The number of fused-ring (bicyclic) bond motifs is 1. The van der Waals surface area contributed by atoms with Gasteiger partial charge in [0, 0.05) is 24.4 Å². The van der Waals surface area contributed by atoms with Crippen LogP contribution in [0.4, 0.5) is 5.13 Å². The number of hydrogen-bond donors (Lipinski definition) is 1. The number of ether oxygens (including phenoxy) is 3. The van der Waals surface area contributed by atoms with Crippen LogP contribution in [0.5, 0.6) is 17.2 Å². The summed E-state index contributed by atoms with van der Waals surface area (Å²) >= 11 is 1.56. The zero-order valence-electron chi connectivity index (χ0n) is 16.1. The Balaban J connectivity index is 1.70. The maximum atomic E-state index is 12.5. The Bertz CT molecular complexity index is 796. The van der Waals surface area contributed by atoms with E-state index >= 15 is 0 Å². The summed E-state index contributed by atoms with van der Waals surface area (Å²) in [7, 11) is 4.66. The van der Waals surface area contributed by atoms with E-state index in [9.17, 15) is 4.79 Å². The van der Waals surface area contributed by atoms with Crippen molar-refractivity contribution < 1.29 is 19.0 Å². The number of carbonyl (C=O) groups is 1. The van der Waals surface area contributed by atoms with Gasteiger partial charge in [-0.1, -0.05) is 6.92 Å². The molecule has 0 spiro atoms. The van der Waals surface area contributed by atoms with Gasteiger partial charge in [0.2, 0.25) is 11.7 Å². The third-order valence-electron chi connectivity index (χ3n) is 4.59. The second-order valence-corrected chi connectivity index (χ2v) is 7.35. The first kappa shape index (κ1) is 19.4. The average molecular weight is 391 g/mol. The van der Waals surface area contributed by atoms with E-state index in [0.29, 0.717) is 22.4 Å². The molecule has 146 valence electrons. The topological polar surface area (TPSA) is 72.9 Å². The van der Waals surface area contributed by atoms with Crippen LogP contribution in [0.25, 0.3) is 0 Å². The fraction of sp³-hybridized carbons (Fsp3) is 0.474. The van der Waals surface area contributed by atoms with Crippen molar-refractivity contribution in [2.45, 2.75) is 26.3 Å². The van der Waals surface area contributed by atoms with Crippen LogP contribution in [-0.2, 0) is 24.2 Å². The summed E-state index contributed by atoms with van der Waals surface area (Å²) in [5.41, 5.74) is 1.88. The van der Waals surface area contributed by atoms with Gasteiger partial charge in [-0.05, 0) is 24.2 Å². The van der Waals surface area contributed by atoms with Crippen molar-refractivity contribution in [2.24, 2.45) is 0 Å². The lowest BCUT2D eigenvalue weighted by molar-refractivity contribution is -0.115. The van der Waals surface area contributed by atoms with Crippen LogP contribution >= 0.6 is 11.3 Å². The molecule has 8 heteroatoms. The van der Waals surface area contributed by atoms with E-state index in [2.05, 4.69) is 22.1 Å². The minimum Gasteiger partial charge on any atom is -0.493 e. The monoisotopic (exact) mass is 391 g/mol. The normalized spacial score (nSPS) is 13.8. The predicted octanol–water partition coefficient (Wildman–Crippen LogP) is 2.73. The first-order valence-electron chi connectivity index (χ1n) is 8.87. The molecule has 1 aliphatic rings. The molecule has 2 heterocycles. The van der Waals surface area contributed by atoms with E-state index in [0.717, 1.165) is 37.3 Å². The lowest BCUT2D eigenvalue weighted by Crippen LogP contribution is -2.29. The van der Waals surface area contributed by atoms with Crippen LogP contribution in [0.2, 0.25) is 0 Å². The molecule has 3 rings (SSSR count). The molecule has 27 heavy (non-hydrogen) atoms. The summed E-state index contributed by atoms with van der Waals surface area (Å²) in [5.74, 6) is 1.45. The molecule has 1 amide bonds. The third-order valence-corrected chi connectivity index (χ3v) is 5.59. The van der Waals surface area contributed by atoms with Gasteiger partial charge >= 0.3 is 0 Å². The van der Waals surface area contributed by atoms with Gasteiger partial charge < -0.3 is 19.5 Å². The van der Waals surface area contributed by atoms with Crippen LogP contribution < -0.4 is 19.5 Å². The molecule has 0 unspecified atom stereocenters. The smallest absolute Gasteiger partial charge is 0.230 e. The van der Waals surface area contributed by atoms with E-state index < -0.39 is 0 Å². The number of thiazole rings is 1. The second kappa shape index (κ2) is 8.58. The lowest BCUT2D eigenvalue weighted by Gasteiger charge is -2.23. The molecule has 0 bridgehead atoms. The Morgan fingerprint density at radius 2 is 1.93 bits per heavy atom. The van der Waals surface area contributed by atoms with Crippen LogP contribution in [0.3, 0.4) is 0 Å². The van der Waals surface area contributed by atoms with Crippen molar-refractivity contribution in [3.05, 3.63) is 28.3 Å². The van der Waals surface area contributed by atoms with Crippen LogP contribution in [0, 0.1) is 0 Å². The van der Waals surface area contributed by atoms with Crippen LogP contribution in [0.1, 0.15) is 23.1 Å². The first-order valence-corrected chi connectivity index (χ1v) is 9.69. The van der Waals surface area contributed by atoms with Crippen molar-refractivity contribution in [1.29, 1.82) is 0 Å². The van der Waals surface area contributed by atoms with E-state index in [1.165, 1.54) is 4.88 Å². The van der Waals surface area contributed by atoms with Gasteiger partial charge in [-0.15, -0.1) is 11.3 Å². The highest BCUT2D eigenvalue weighted by Crippen LogP contribution is 2.38. The molecule has 7 nitrogen and oxygen atoms in total. The number of carbonyl (C=O) groups excluding carboxylic acids is 1. The fourth-order valence-electron chi connectivity index (χ4n) is 3.16. The van der Waals surface area contributed by atoms with Crippen molar-refractivity contribution in [1.82, 2.24) is 9.88 Å². The van der Waals surface area contributed by atoms with Crippen molar-refractivity contribution >= 4 is 22.4 Å². The zero-order valence-corrected chi connectivity index (χ0v) is 16.9. The Morgan fingerprint density at radius 1 is 1.22 bits per heavy atom. The van der Waals surface area contributed by atoms with Gasteiger partial charge in [-0.2, -0.15) is 0 Å². The van der Waals surface area contributed by atoms with Gasteiger partial charge in [-0.25, -0.2) is 4.98 Å². The molecule has 0 fully saturated rings. The standard InChI is InChI=1S/C19H25N3O4S/c1-5-22-7-6-13-16(11-22)27-19(20-13)21-17(23)10-12-8-14(24-2)18(26-4)15(9-12)25-3/h8-9H,5-7,10-11H2,1-4H3,(H,20,21,23). The van der Waals surface area contributed by atoms with E-state index in [1.807, 2.05) is 0 Å². The SMILES string of the molecule is CCN1CCc2nc(NC(=O)Cc3cc(OC)c(OC)c(OC)c3)sc2C1. The van der Waals surface area contributed by atoms with Crippen molar-refractivity contribution in [3.8, 4) is 17.2 Å². The Hall–Kier alpha value is -2.32. The lowest BCUT2D eigenvalue weighted by atomic mass is 10.1. The average Bonchev–Trinajstić information content (AvgIpc) is 3.07. The molecule has 1 aromatic carbocycles. The number of anilines is 1. The maximum Gasteiger partial charge on any atom is 0.230 e. The van der Waals surface area contributed by atoms with Crippen molar-refractivity contribution in [2.75, 3.05) is 39.7 Å². The Morgan fingerprint density at radius 3 is 2.52 bits per heavy atom. The van der Waals surface area contributed by atoms with Gasteiger partial charge in [0.15, 0.2) is 16.6 Å². The molecule has 1 aromatic heterocycles. The number of methoxy groups -OCH3 is 3. The highest BCUT2D eigenvalue weighted by molar-refractivity contribution is 7.15. The molecular formula is C19H25N3O4S. The summed E-state index contributed by atoms with van der Waals surface area (Å²) in [4.78, 5) is 20.7. The van der Waals surface area contributed by atoms with E-state index in [1.54, 1.807) is 44.8 Å². The maximum absolute atomic E-state index is 12.5. The number of benzene rings is 1. The Kier molecular flexibility index (Phi) is 6.18. The van der Waals surface area contributed by atoms with E-state index in [4.69, 9.17) is 14.2 Å². The minimum absolute atomic E-state index is 0.122. The highest BCUT2D eigenvalue weighted by Gasteiger charge is 2.21. The second-order valence-electron chi connectivity index (χ2n) is 6.27. The number of nitrogens with one attached hydrogen (secondary N) is 1. The summed E-state index contributed by atoms with van der Waals surface area (Å²) in [6.45, 7) is 5.12. The van der Waals surface area contributed by atoms with Gasteiger partial charge in [0.25, 0.3) is 0 Å². The quantitative estimate of drug-likeness (QED) is 0.782. The number of hydrogen-bond acceptors (Lipinski definition) is 7.